The number of hydrogen-bond acceptors (Lipinski definition) is 4. The molecule has 3 N–H and O–H groups in total. The molecule has 0 saturated carbocycles. The number of ether oxygens (including phenoxy) is 2. The molecule has 148 valence electrons. The number of aliphatic imine (C=N–C) groups is 1. The summed E-state index contributed by atoms with van der Waals surface area (Å²) in [6.07, 6.45) is 0.804. The van der Waals surface area contributed by atoms with Crippen molar-refractivity contribution in [2.75, 3.05) is 33.0 Å². The number of rotatable bonds is 8. The van der Waals surface area contributed by atoms with Gasteiger partial charge in [-0.3, -0.25) is 9.79 Å². The van der Waals surface area contributed by atoms with Crippen LogP contribution in [-0.2, 0) is 6.42 Å². The number of hydrogen-bond donors (Lipinski definition) is 3. The fourth-order valence-electron chi connectivity index (χ4n) is 2.78. The molecule has 0 aliphatic carbocycles. The molecule has 2 aromatic rings. The summed E-state index contributed by atoms with van der Waals surface area (Å²) in [6, 6.07) is 15.1. The topological polar surface area (TPSA) is 84.0 Å². The van der Waals surface area contributed by atoms with E-state index in [0.29, 0.717) is 25.2 Å². The van der Waals surface area contributed by atoms with E-state index >= 15 is 0 Å². The van der Waals surface area contributed by atoms with Crippen molar-refractivity contribution in [1.82, 2.24) is 16.0 Å². The van der Waals surface area contributed by atoms with Gasteiger partial charge in [-0.2, -0.15) is 0 Å². The van der Waals surface area contributed by atoms with Gasteiger partial charge in [0.2, 0.25) is 6.79 Å². The molecule has 0 fully saturated rings. The van der Waals surface area contributed by atoms with Gasteiger partial charge < -0.3 is 25.4 Å². The number of amides is 1. The highest BCUT2D eigenvalue weighted by Crippen LogP contribution is 2.32. The van der Waals surface area contributed by atoms with E-state index in [0.717, 1.165) is 36.0 Å². The highest BCUT2D eigenvalue weighted by atomic mass is 16.7. The number of nitrogens with zero attached hydrogens (tertiary/aromatic N) is 1. The van der Waals surface area contributed by atoms with Crippen molar-refractivity contribution >= 4 is 11.9 Å². The second-order valence-electron chi connectivity index (χ2n) is 6.25. The van der Waals surface area contributed by atoms with Gasteiger partial charge in [-0.1, -0.05) is 24.3 Å². The van der Waals surface area contributed by atoms with Crippen molar-refractivity contribution in [3.63, 3.8) is 0 Å². The smallest absolute Gasteiger partial charge is 0.251 e. The number of benzene rings is 2. The second-order valence-corrected chi connectivity index (χ2v) is 6.25. The van der Waals surface area contributed by atoms with E-state index in [9.17, 15) is 4.79 Å². The third kappa shape index (κ3) is 5.64. The Bertz CT molecular complexity index is 809. The van der Waals surface area contributed by atoms with Crippen molar-refractivity contribution in [1.29, 1.82) is 0 Å². The van der Waals surface area contributed by atoms with E-state index in [2.05, 4.69) is 20.9 Å². The number of carbonyl (C=O) groups excluding carboxylic acids is 1. The summed E-state index contributed by atoms with van der Waals surface area (Å²) in [5, 5.41) is 9.34. The Morgan fingerprint density at radius 2 is 1.79 bits per heavy atom. The van der Waals surface area contributed by atoms with Gasteiger partial charge in [0.05, 0.1) is 0 Å². The molecule has 28 heavy (non-hydrogen) atoms. The summed E-state index contributed by atoms with van der Waals surface area (Å²) in [7, 11) is 0. The molecule has 0 atom stereocenters. The van der Waals surface area contributed by atoms with Crippen LogP contribution in [0, 0.1) is 0 Å². The summed E-state index contributed by atoms with van der Waals surface area (Å²) in [5.74, 6) is 2.24. The fourth-order valence-corrected chi connectivity index (χ4v) is 2.78. The van der Waals surface area contributed by atoms with E-state index in [-0.39, 0.29) is 12.7 Å². The third-order valence-corrected chi connectivity index (χ3v) is 4.19. The lowest BCUT2D eigenvalue weighted by atomic mass is 10.1. The van der Waals surface area contributed by atoms with Crippen molar-refractivity contribution in [2.24, 2.45) is 4.99 Å². The predicted octanol–water partition coefficient (Wildman–Crippen LogP) is 1.94. The van der Waals surface area contributed by atoms with Crippen LogP contribution in [0.5, 0.6) is 11.5 Å². The van der Waals surface area contributed by atoms with Crippen LogP contribution < -0.4 is 25.4 Å². The Labute approximate surface area is 165 Å². The fraction of sp³-hybridized carbons (Fsp3) is 0.333. The van der Waals surface area contributed by atoms with E-state index in [1.807, 2.05) is 43.3 Å². The number of fused-ring (bicyclic) bond motifs is 1. The van der Waals surface area contributed by atoms with E-state index in [1.54, 1.807) is 12.1 Å². The Balaban J connectivity index is 1.42. The van der Waals surface area contributed by atoms with Crippen LogP contribution in [0.3, 0.4) is 0 Å². The van der Waals surface area contributed by atoms with Crippen LogP contribution in [0.25, 0.3) is 0 Å². The van der Waals surface area contributed by atoms with E-state index in [1.165, 1.54) is 0 Å². The van der Waals surface area contributed by atoms with Crippen LogP contribution in [0.2, 0.25) is 0 Å². The molecule has 1 heterocycles. The van der Waals surface area contributed by atoms with Gasteiger partial charge >= 0.3 is 0 Å². The lowest BCUT2D eigenvalue weighted by Gasteiger charge is -2.12. The lowest BCUT2D eigenvalue weighted by Crippen LogP contribution is -2.41. The number of guanidine groups is 1. The summed E-state index contributed by atoms with van der Waals surface area (Å²) in [5.41, 5.74) is 1.81. The quantitative estimate of drug-likeness (QED) is 0.369. The molecule has 0 spiro atoms. The first-order valence-corrected chi connectivity index (χ1v) is 9.50. The molecule has 0 aromatic heterocycles. The van der Waals surface area contributed by atoms with Crippen molar-refractivity contribution in [3.05, 3.63) is 59.7 Å². The van der Waals surface area contributed by atoms with Gasteiger partial charge in [0.1, 0.15) is 0 Å². The predicted molar refractivity (Wildman–Crippen MR) is 109 cm³/mol. The standard InChI is InChI=1S/C21H26N4O3/c1-2-22-21(25-13-12-23-20(26)17-6-4-3-5-7-17)24-11-10-16-8-9-18-19(14-16)28-15-27-18/h3-9,14H,2,10-13,15H2,1H3,(H,23,26)(H2,22,24,25). The zero-order valence-corrected chi connectivity index (χ0v) is 16.0. The maximum Gasteiger partial charge on any atom is 0.251 e. The molecule has 7 nitrogen and oxygen atoms in total. The first-order chi connectivity index (χ1) is 13.8. The highest BCUT2D eigenvalue weighted by molar-refractivity contribution is 5.94. The average Bonchev–Trinajstić information content (AvgIpc) is 3.19. The normalized spacial score (nSPS) is 12.5. The van der Waals surface area contributed by atoms with Gasteiger partial charge in [0.25, 0.3) is 5.91 Å². The molecule has 0 unspecified atom stereocenters. The molecule has 0 bridgehead atoms. The molecular weight excluding hydrogens is 356 g/mol. The number of carbonyl (C=O) groups is 1. The van der Waals surface area contributed by atoms with Gasteiger partial charge in [0.15, 0.2) is 17.5 Å². The SMILES string of the molecule is CCNC(=NCCc1ccc2c(c1)OCO2)NCCNC(=O)c1ccccc1. The Morgan fingerprint density at radius 1 is 1.00 bits per heavy atom. The molecule has 1 aliphatic rings. The van der Waals surface area contributed by atoms with Crippen LogP contribution in [0.15, 0.2) is 53.5 Å². The van der Waals surface area contributed by atoms with Crippen LogP contribution in [0.1, 0.15) is 22.8 Å². The Hall–Kier alpha value is -3.22. The van der Waals surface area contributed by atoms with Crippen molar-refractivity contribution in [2.45, 2.75) is 13.3 Å². The molecular formula is C21H26N4O3. The summed E-state index contributed by atoms with van der Waals surface area (Å²) in [6.45, 7) is 4.82. The van der Waals surface area contributed by atoms with Crippen molar-refractivity contribution in [3.8, 4) is 11.5 Å². The first kappa shape index (κ1) is 19.5. The minimum absolute atomic E-state index is 0.0767. The monoisotopic (exact) mass is 382 g/mol. The lowest BCUT2D eigenvalue weighted by molar-refractivity contribution is 0.0954. The summed E-state index contributed by atoms with van der Waals surface area (Å²) >= 11 is 0. The van der Waals surface area contributed by atoms with E-state index in [4.69, 9.17) is 9.47 Å². The van der Waals surface area contributed by atoms with Gasteiger partial charge in [0, 0.05) is 31.7 Å². The largest absolute Gasteiger partial charge is 0.454 e. The maximum absolute atomic E-state index is 12.0. The molecule has 1 amide bonds. The van der Waals surface area contributed by atoms with Gasteiger partial charge in [-0.15, -0.1) is 0 Å². The van der Waals surface area contributed by atoms with Crippen LogP contribution in [-0.4, -0.2) is 44.8 Å². The Kier molecular flexibility index (Phi) is 7.12. The molecule has 7 heteroatoms. The molecule has 3 rings (SSSR count). The maximum atomic E-state index is 12.0. The average molecular weight is 382 g/mol. The van der Waals surface area contributed by atoms with Crippen LogP contribution in [0.4, 0.5) is 0 Å². The second kappa shape index (κ2) is 10.2. The molecule has 0 radical (unpaired) electrons. The zero-order chi connectivity index (χ0) is 19.6. The minimum Gasteiger partial charge on any atom is -0.454 e. The van der Waals surface area contributed by atoms with Gasteiger partial charge in [-0.05, 0) is 43.2 Å². The number of nitrogens with one attached hydrogen (secondary N) is 3. The Morgan fingerprint density at radius 3 is 2.61 bits per heavy atom. The van der Waals surface area contributed by atoms with E-state index < -0.39 is 0 Å². The molecule has 1 aliphatic heterocycles. The van der Waals surface area contributed by atoms with Gasteiger partial charge in [-0.25, -0.2) is 0 Å². The highest BCUT2D eigenvalue weighted by Gasteiger charge is 2.12. The zero-order valence-electron chi connectivity index (χ0n) is 16.0. The molecule has 0 saturated heterocycles. The third-order valence-electron chi connectivity index (χ3n) is 4.19. The summed E-state index contributed by atoms with van der Waals surface area (Å²) < 4.78 is 10.7. The minimum atomic E-state index is -0.0767. The van der Waals surface area contributed by atoms with Crippen LogP contribution >= 0.6 is 0 Å². The van der Waals surface area contributed by atoms with Crippen molar-refractivity contribution < 1.29 is 14.3 Å². The first-order valence-electron chi connectivity index (χ1n) is 9.50. The summed E-state index contributed by atoms with van der Waals surface area (Å²) in [4.78, 5) is 16.6. The molecule has 2 aromatic carbocycles.